The largest absolute Gasteiger partial charge is 0.459 e. The molecule has 24 heavy (non-hydrogen) atoms. The summed E-state index contributed by atoms with van der Waals surface area (Å²) in [5.74, 6) is -0.538. The van der Waals surface area contributed by atoms with Crippen LogP contribution in [0.5, 0.6) is 0 Å². The first-order chi connectivity index (χ1) is 11.0. The van der Waals surface area contributed by atoms with Gasteiger partial charge in [0.25, 0.3) is 5.91 Å². The maximum atomic E-state index is 12.8. The molecule has 0 fully saturated rings. The fourth-order valence-electron chi connectivity index (χ4n) is 2.16. The van der Waals surface area contributed by atoms with Gasteiger partial charge in [-0.05, 0) is 72.0 Å². The molecular formula is C19H30N2O3. The third kappa shape index (κ3) is 6.71. The molecule has 0 saturated carbocycles. The third-order valence-electron chi connectivity index (χ3n) is 3.60. The van der Waals surface area contributed by atoms with Crippen LogP contribution in [-0.4, -0.2) is 61.0 Å². The maximum absolute atomic E-state index is 12.8. The Balaban J connectivity index is 2.92. The highest BCUT2D eigenvalue weighted by Crippen LogP contribution is 2.13. The number of nitrogens with zero attached hydrogens (tertiary/aromatic N) is 2. The van der Waals surface area contributed by atoms with E-state index in [4.69, 9.17) is 4.74 Å². The highest BCUT2D eigenvalue weighted by atomic mass is 16.6. The Bertz CT molecular complexity index is 589. The molecule has 1 aromatic rings. The number of benzene rings is 1. The Morgan fingerprint density at radius 1 is 1.04 bits per heavy atom. The first kappa shape index (κ1) is 20.2. The Labute approximate surface area is 145 Å². The zero-order valence-corrected chi connectivity index (χ0v) is 16.0. The number of rotatable bonds is 6. The summed E-state index contributed by atoms with van der Waals surface area (Å²) in [5, 5.41) is 0. The van der Waals surface area contributed by atoms with Crippen LogP contribution in [-0.2, 0) is 9.53 Å². The Morgan fingerprint density at radius 2 is 1.67 bits per heavy atom. The van der Waals surface area contributed by atoms with Crippen LogP contribution in [0.3, 0.4) is 0 Å². The summed E-state index contributed by atoms with van der Waals surface area (Å²) in [6, 6.07) is 5.61. The lowest BCUT2D eigenvalue weighted by molar-refractivity contribution is -0.155. The lowest BCUT2D eigenvalue weighted by Crippen LogP contribution is -2.42. The molecule has 1 aromatic carbocycles. The maximum Gasteiger partial charge on any atom is 0.326 e. The van der Waals surface area contributed by atoms with Crippen LogP contribution in [0.25, 0.3) is 0 Å². The van der Waals surface area contributed by atoms with E-state index in [9.17, 15) is 9.59 Å². The molecule has 0 bridgehead atoms. The van der Waals surface area contributed by atoms with Gasteiger partial charge in [0.15, 0.2) is 0 Å². The van der Waals surface area contributed by atoms with Crippen molar-refractivity contribution in [1.29, 1.82) is 0 Å². The molecule has 0 saturated heterocycles. The van der Waals surface area contributed by atoms with Gasteiger partial charge in [0.05, 0.1) is 0 Å². The summed E-state index contributed by atoms with van der Waals surface area (Å²) < 4.78 is 5.36. The summed E-state index contributed by atoms with van der Waals surface area (Å²) in [6.45, 7) is 10.5. The number of carbonyl (C=O) groups is 2. The molecule has 0 aromatic heterocycles. The minimum atomic E-state index is -0.562. The van der Waals surface area contributed by atoms with E-state index in [1.807, 2.05) is 71.8 Å². The van der Waals surface area contributed by atoms with Gasteiger partial charge in [-0.2, -0.15) is 0 Å². The average Bonchev–Trinajstić information content (AvgIpc) is 2.43. The second-order valence-electron chi connectivity index (χ2n) is 7.42. The number of esters is 1. The zero-order chi connectivity index (χ0) is 18.5. The van der Waals surface area contributed by atoms with Crippen LogP contribution in [0.15, 0.2) is 18.2 Å². The fraction of sp³-hybridized carbons (Fsp3) is 0.579. The van der Waals surface area contributed by atoms with E-state index in [-0.39, 0.29) is 12.5 Å². The first-order valence-corrected chi connectivity index (χ1v) is 8.22. The fourth-order valence-corrected chi connectivity index (χ4v) is 2.16. The molecular weight excluding hydrogens is 304 g/mol. The third-order valence-corrected chi connectivity index (χ3v) is 3.60. The Kier molecular flexibility index (Phi) is 6.96. The number of likely N-dealkylation sites (N-methyl/N-ethyl adjacent to an activating group) is 1. The minimum absolute atomic E-state index is 0.0448. The average molecular weight is 334 g/mol. The summed E-state index contributed by atoms with van der Waals surface area (Å²) in [5.41, 5.74) is 2.23. The highest BCUT2D eigenvalue weighted by Gasteiger charge is 2.23. The SMILES string of the molecule is Cc1ccc(C(=O)N(CCN(C)C)CC(=O)OC(C)(C)C)cc1C. The van der Waals surface area contributed by atoms with E-state index in [1.165, 1.54) is 0 Å². The van der Waals surface area contributed by atoms with E-state index in [1.54, 1.807) is 4.90 Å². The topological polar surface area (TPSA) is 49.9 Å². The van der Waals surface area contributed by atoms with Crippen LogP contribution in [0.2, 0.25) is 0 Å². The molecule has 5 heteroatoms. The summed E-state index contributed by atoms with van der Waals surface area (Å²) in [4.78, 5) is 28.5. The standard InChI is InChI=1S/C19H30N2O3/c1-14-8-9-16(12-15(14)2)18(23)21(11-10-20(6)7)13-17(22)24-19(3,4)5/h8-9,12H,10-11,13H2,1-7H3. The van der Waals surface area contributed by atoms with Crippen molar-refractivity contribution in [3.63, 3.8) is 0 Å². The van der Waals surface area contributed by atoms with Gasteiger partial charge in [-0.25, -0.2) is 0 Å². The van der Waals surface area contributed by atoms with Crippen molar-refractivity contribution >= 4 is 11.9 Å². The molecule has 0 radical (unpaired) electrons. The first-order valence-electron chi connectivity index (χ1n) is 8.22. The van der Waals surface area contributed by atoms with E-state index >= 15 is 0 Å². The zero-order valence-electron chi connectivity index (χ0n) is 16.0. The molecule has 0 aliphatic rings. The molecule has 5 nitrogen and oxygen atoms in total. The highest BCUT2D eigenvalue weighted by molar-refractivity contribution is 5.96. The van der Waals surface area contributed by atoms with Crippen molar-refractivity contribution in [1.82, 2.24) is 9.80 Å². The number of aryl methyl sites for hydroxylation is 2. The molecule has 1 rings (SSSR count). The number of ether oxygens (including phenoxy) is 1. The predicted octanol–water partition coefficient (Wildman–Crippen LogP) is 2.65. The molecule has 0 unspecified atom stereocenters. The second-order valence-corrected chi connectivity index (χ2v) is 7.42. The van der Waals surface area contributed by atoms with Crippen molar-refractivity contribution in [3.05, 3.63) is 34.9 Å². The van der Waals surface area contributed by atoms with Crippen LogP contribution in [0, 0.1) is 13.8 Å². The lowest BCUT2D eigenvalue weighted by atomic mass is 10.1. The quantitative estimate of drug-likeness (QED) is 0.751. The van der Waals surface area contributed by atoms with Crippen LogP contribution >= 0.6 is 0 Å². The van der Waals surface area contributed by atoms with Gasteiger partial charge in [-0.3, -0.25) is 9.59 Å². The predicted molar refractivity (Wildman–Crippen MR) is 96.2 cm³/mol. The molecule has 1 amide bonds. The van der Waals surface area contributed by atoms with E-state index < -0.39 is 11.6 Å². The molecule has 134 valence electrons. The van der Waals surface area contributed by atoms with Gasteiger partial charge in [-0.1, -0.05) is 6.07 Å². The van der Waals surface area contributed by atoms with E-state index in [0.717, 1.165) is 11.1 Å². The van der Waals surface area contributed by atoms with Crippen LogP contribution in [0.4, 0.5) is 0 Å². The number of hydrogen-bond acceptors (Lipinski definition) is 4. The lowest BCUT2D eigenvalue weighted by Gasteiger charge is -2.26. The smallest absolute Gasteiger partial charge is 0.326 e. The Hall–Kier alpha value is -1.88. The van der Waals surface area contributed by atoms with Crippen molar-refractivity contribution in [2.75, 3.05) is 33.7 Å². The van der Waals surface area contributed by atoms with Gasteiger partial charge >= 0.3 is 5.97 Å². The Morgan fingerprint density at radius 3 is 2.17 bits per heavy atom. The van der Waals surface area contributed by atoms with E-state index in [0.29, 0.717) is 18.7 Å². The molecule has 0 atom stereocenters. The molecule has 0 aliphatic carbocycles. The van der Waals surface area contributed by atoms with Crippen LogP contribution in [0.1, 0.15) is 42.3 Å². The van der Waals surface area contributed by atoms with Crippen molar-refractivity contribution in [2.45, 2.75) is 40.2 Å². The van der Waals surface area contributed by atoms with Gasteiger partial charge in [0, 0.05) is 18.7 Å². The van der Waals surface area contributed by atoms with Crippen LogP contribution < -0.4 is 0 Å². The minimum Gasteiger partial charge on any atom is -0.459 e. The number of amides is 1. The number of hydrogen-bond donors (Lipinski definition) is 0. The molecule has 0 N–H and O–H groups in total. The van der Waals surface area contributed by atoms with Gasteiger partial charge in [0.1, 0.15) is 12.1 Å². The van der Waals surface area contributed by atoms with Gasteiger partial charge in [0.2, 0.25) is 0 Å². The monoisotopic (exact) mass is 334 g/mol. The summed E-state index contributed by atoms with van der Waals surface area (Å²) in [7, 11) is 3.87. The normalized spacial score (nSPS) is 11.5. The molecule has 0 spiro atoms. The second kappa shape index (κ2) is 8.29. The van der Waals surface area contributed by atoms with Gasteiger partial charge < -0.3 is 14.5 Å². The van der Waals surface area contributed by atoms with Crippen molar-refractivity contribution in [3.8, 4) is 0 Å². The summed E-state index contributed by atoms with van der Waals surface area (Å²) >= 11 is 0. The van der Waals surface area contributed by atoms with Crippen molar-refractivity contribution in [2.24, 2.45) is 0 Å². The molecule has 0 aliphatic heterocycles. The van der Waals surface area contributed by atoms with E-state index in [2.05, 4.69) is 0 Å². The van der Waals surface area contributed by atoms with Gasteiger partial charge in [-0.15, -0.1) is 0 Å². The number of carbonyl (C=O) groups excluding carboxylic acids is 2. The van der Waals surface area contributed by atoms with Crippen molar-refractivity contribution < 1.29 is 14.3 Å². The summed E-state index contributed by atoms with van der Waals surface area (Å²) in [6.07, 6.45) is 0. The molecule has 0 heterocycles.